The molecule has 2 unspecified atom stereocenters. The molecule has 0 saturated carbocycles. The van der Waals surface area contributed by atoms with Gasteiger partial charge in [0.2, 0.25) is 5.95 Å². The first kappa shape index (κ1) is 13.3. The highest BCUT2D eigenvalue weighted by atomic mass is 19.1. The predicted octanol–water partition coefficient (Wildman–Crippen LogP) is 0.450. The second-order valence-corrected chi connectivity index (χ2v) is 4.51. The van der Waals surface area contributed by atoms with E-state index in [0.717, 1.165) is 6.08 Å². The Kier molecular flexibility index (Phi) is 2.95. The van der Waals surface area contributed by atoms with Crippen molar-refractivity contribution in [3.05, 3.63) is 47.4 Å². The molecule has 2 amide bonds. The molecule has 2 atom stereocenters. The van der Waals surface area contributed by atoms with Crippen molar-refractivity contribution < 1.29 is 28.7 Å². The summed E-state index contributed by atoms with van der Waals surface area (Å²) in [6.45, 7) is 0. The van der Waals surface area contributed by atoms with Crippen LogP contribution in [0.1, 0.15) is 20.7 Å². The van der Waals surface area contributed by atoms with Crippen molar-refractivity contribution in [2.45, 2.75) is 12.1 Å². The van der Waals surface area contributed by atoms with Crippen LogP contribution in [0.3, 0.4) is 0 Å². The van der Waals surface area contributed by atoms with E-state index in [-0.39, 0.29) is 11.1 Å². The zero-order valence-corrected chi connectivity index (χ0v) is 10.4. The van der Waals surface area contributed by atoms with Gasteiger partial charge in [0.1, 0.15) is 6.10 Å². The van der Waals surface area contributed by atoms with E-state index in [0.29, 0.717) is 4.90 Å². The monoisotopic (exact) mass is 292 g/mol. The average Bonchev–Trinajstić information content (AvgIpc) is 2.97. The van der Waals surface area contributed by atoms with Gasteiger partial charge in [-0.3, -0.25) is 19.3 Å². The zero-order chi connectivity index (χ0) is 15.1. The highest BCUT2D eigenvalue weighted by Crippen LogP contribution is 2.27. The van der Waals surface area contributed by atoms with E-state index in [9.17, 15) is 23.9 Å². The quantitative estimate of drug-likeness (QED) is 0.620. The molecule has 1 aromatic carbocycles. The van der Waals surface area contributed by atoms with Crippen LogP contribution in [0.15, 0.2) is 36.3 Å². The molecule has 0 saturated heterocycles. The molecule has 21 heavy (non-hydrogen) atoms. The largest absolute Gasteiger partial charge is 0.480 e. The Morgan fingerprint density at radius 1 is 1.29 bits per heavy atom. The third-order valence-corrected chi connectivity index (χ3v) is 3.27. The lowest BCUT2D eigenvalue weighted by Crippen LogP contribution is -2.51. The molecule has 2 aliphatic heterocycles. The fourth-order valence-electron chi connectivity index (χ4n) is 2.35. The maximum atomic E-state index is 13.0. The third-order valence-electron chi connectivity index (χ3n) is 3.27. The number of carbonyl (C=O) groups excluding carboxylic acids is 2. The fraction of sp³-hybridized carbons (Fsp3) is 0.154. The highest BCUT2D eigenvalue weighted by Gasteiger charge is 2.47. The van der Waals surface area contributed by atoms with Gasteiger partial charge in [-0.25, -0.2) is 10.3 Å². The van der Waals surface area contributed by atoms with Crippen molar-refractivity contribution in [3.63, 3.8) is 0 Å². The molecule has 0 aliphatic carbocycles. The average molecular weight is 292 g/mol. The summed E-state index contributed by atoms with van der Waals surface area (Å²) in [6.07, 6.45) is -0.438. The molecule has 8 heteroatoms. The van der Waals surface area contributed by atoms with Gasteiger partial charge in [-0.1, -0.05) is 12.1 Å². The van der Waals surface area contributed by atoms with Gasteiger partial charge in [-0.05, 0) is 12.1 Å². The summed E-state index contributed by atoms with van der Waals surface area (Å²) < 4.78 is 13.0. The van der Waals surface area contributed by atoms with Crippen LogP contribution < -0.4 is 5.48 Å². The van der Waals surface area contributed by atoms with E-state index in [2.05, 4.69) is 0 Å². The number of halogens is 1. The number of fused-ring (bicyclic) bond motifs is 1. The molecule has 2 N–H and O–H groups in total. The number of nitrogens with zero attached hydrogens (tertiary/aromatic N) is 1. The van der Waals surface area contributed by atoms with E-state index in [4.69, 9.17) is 4.84 Å². The Morgan fingerprint density at radius 2 is 1.86 bits per heavy atom. The summed E-state index contributed by atoms with van der Waals surface area (Å²) >= 11 is 0. The second-order valence-electron chi connectivity index (χ2n) is 4.51. The summed E-state index contributed by atoms with van der Waals surface area (Å²) in [6, 6.07) is 4.34. The van der Waals surface area contributed by atoms with Crippen molar-refractivity contribution in [2.24, 2.45) is 0 Å². The third kappa shape index (κ3) is 1.96. The minimum atomic E-state index is -1.65. The molecule has 108 valence electrons. The van der Waals surface area contributed by atoms with Crippen molar-refractivity contribution in [3.8, 4) is 0 Å². The molecule has 0 radical (unpaired) electrons. The summed E-state index contributed by atoms with van der Waals surface area (Å²) in [7, 11) is 0. The molecule has 0 spiro atoms. The van der Waals surface area contributed by atoms with Gasteiger partial charge in [0.15, 0.2) is 6.04 Å². The molecule has 0 aromatic heterocycles. The number of hydroxylamine groups is 1. The Labute approximate surface area is 117 Å². The first-order valence-electron chi connectivity index (χ1n) is 5.99. The van der Waals surface area contributed by atoms with Crippen LogP contribution in [-0.4, -0.2) is 39.9 Å². The maximum Gasteiger partial charge on any atom is 0.330 e. The summed E-state index contributed by atoms with van der Waals surface area (Å²) in [5.74, 6) is -3.83. The molecule has 2 aliphatic rings. The number of hydrogen-bond acceptors (Lipinski definition) is 5. The number of hydrogen-bond donors (Lipinski definition) is 2. The minimum absolute atomic E-state index is 0.115. The van der Waals surface area contributed by atoms with Crippen molar-refractivity contribution in [1.82, 2.24) is 10.4 Å². The van der Waals surface area contributed by atoms with E-state index >= 15 is 0 Å². The predicted molar refractivity (Wildman–Crippen MR) is 65.6 cm³/mol. The number of nitrogens with one attached hydrogen (secondary N) is 1. The van der Waals surface area contributed by atoms with Gasteiger partial charge in [0.05, 0.1) is 11.1 Å². The SMILES string of the molecule is O=C(O)C(C1C=C(F)NO1)N1C(=O)c2ccccc2C1=O. The topological polar surface area (TPSA) is 95.9 Å². The number of carboxylic acids is 1. The number of imide groups is 1. The lowest BCUT2D eigenvalue weighted by molar-refractivity contribution is -0.146. The van der Waals surface area contributed by atoms with Gasteiger partial charge >= 0.3 is 5.97 Å². The lowest BCUT2D eigenvalue weighted by atomic mass is 10.1. The van der Waals surface area contributed by atoms with Crippen molar-refractivity contribution in [1.29, 1.82) is 0 Å². The van der Waals surface area contributed by atoms with Crippen LogP contribution in [-0.2, 0) is 9.63 Å². The summed E-state index contributed by atoms with van der Waals surface area (Å²) in [5, 5.41) is 9.29. The van der Waals surface area contributed by atoms with E-state index in [1.54, 1.807) is 12.1 Å². The smallest absolute Gasteiger partial charge is 0.330 e. The number of amides is 2. The van der Waals surface area contributed by atoms with Gasteiger partial charge in [0.25, 0.3) is 11.8 Å². The van der Waals surface area contributed by atoms with Crippen LogP contribution in [0.4, 0.5) is 4.39 Å². The van der Waals surface area contributed by atoms with E-state index in [1.807, 2.05) is 5.48 Å². The standard InChI is InChI=1S/C13H9FN2O5/c14-9-5-8(21-15-9)10(13(19)20)16-11(17)6-3-1-2-4-7(6)12(16)18/h1-5,8,10,15H,(H,19,20). The van der Waals surface area contributed by atoms with Crippen molar-refractivity contribution in [2.75, 3.05) is 0 Å². The number of carbonyl (C=O) groups is 3. The highest BCUT2D eigenvalue weighted by molar-refractivity contribution is 6.22. The molecule has 0 bridgehead atoms. The maximum absolute atomic E-state index is 13.0. The number of aliphatic carboxylic acids is 1. The molecule has 0 fully saturated rings. The fourth-order valence-corrected chi connectivity index (χ4v) is 2.35. The van der Waals surface area contributed by atoms with Crippen LogP contribution in [0, 0.1) is 0 Å². The van der Waals surface area contributed by atoms with E-state index < -0.39 is 35.9 Å². The molecular weight excluding hydrogens is 283 g/mol. The van der Waals surface area contributed by atoms with Crippen LogP contribution in [0.5, 0.6) is 0 Å². The Morgan fingerprint density at radius 3 is 2.29 bits per heavy atom. The first-order valence-corrected chi connectivity index (χ1v) is 5.99. The summed E-state index contributed by atoms with van der Waals surface area (Å²) in [5.41, 5.74) is 2.09. The minimum Gasteiger partial charge on any atom is -0.480 e. The van der Waals surface area contributed by atoms with Gasteiger partial charge < -0.3 is 5.11 Å². The Bertz CT molecular complexity index is 652. The van der Waals surface area contributed by atoms with Crippen molar-refractivity contribution >= 4 is 17.8 Å². The molecule has 2 heterocycles. The second kappa shape index (κ2) is 4.67. The van der Waals surface area contributed by atoms with Crippen LogP contribution in [0.25, 0.3) is 0 Å². The molecule has 1 aromatic rings. The van der Waals surface area contributed by atoms with Gasteiger partial charge in [-0.15, -0.1) is 0 Å². The first-order chi connectivity index (χ1) is 10.0. The van der Waals surface area contributed by atoms with Crippen LogP contribution >= 0.6 is 0 Å². The van der Waals surface area contributed by atoms with Crippen LogP contribution in [0.2, 0.25) is 0 Å². The number of benzene rings is 1. The molecule has 7 nitrogen and oxygen atoms in total. The van der Waals surface area contributed by atoms with Gasteiger partial charge in [0, 0.05) is 6.08 Å². The number of carboxylic acid groups (broad SMARTS) is 1. The number of rotatable bonds is 3. The molecular formula is C13H9FN2O5. The molecule has 3 rings (SSSR count). The summed E-state index contributed by atoms with van der Waals surface area (Å²) in [4.78, 5) is 41.2. The van der Waals surface area contributed by atoms with E-state index in [1.165, 1.54) is 12.1 Å². The Balaban J connectivity index is 2.01. The Hall–Kier alpha value is -2.74. The van der Waals surface area contributed by atoms with Gasteiger partial charge in [-0.2, -0.15) is 4.39 Å². The normalized spacial score (nSPS) is 21.9. The zero-order valence-electron chi connectivity index (χ0n) is 10.4. The lowest BCUT2D eigenvalue weighted by Gasteiger charge is -2.25.